The van der Waals surface area contributed by atoms with Crippen LogP contribution in [0.15, 0.2) is 46.9 Å². The van der Waals surface area contributed by atoms with E-state index in [0.29, 0.717) is 4.47 Å². The Balaban J connectivity index is 2.44. The Bertz CT molecular complexity index is 583. The van der Waals surface area contributed by atoms with E-state index in [1.165, 1.54) is 11.6 Å². The second-order valence-corrected chi connectivity index (χ2v) is 5.74. The summed E-state index contributed by atoms with van der Waals surface area (Å²) in [5.74, 6) is -0.224. The first kappa shape index (κ1) is 15.2. The van der Waals surface area contributed by atoms with E-state index >= 15 is 0 Å². The van der Waals surface area contributed by atoms with Gasteiger partial charge in [-0.05, 0) is 53.0 Å². The molecule has 0 radical (unpaired) electrons. The number of hydrogen-bond acceptors (Lipinski definition) is 1. The van der Waals surface area contributed by atoms with E-state index in [-0.39, 0.29) is 11.9 Å². The Labute approximate surface area is 128 Å². The molecule has 3 heteroatoms. The van der Waals surface area contributed by atoms with Crippen LogP contribution < -0.4 is 5.32 Å². The molecule has 0 aliphatic rings. The van der Waals surface area contributed by atoms with Gasteiger partial charge < -0.3 is 5.32 Å². The van der Waals surface area contributed by atoms with E-state index in [9.17, 15) is 4.39 Å². The number of benzene rings is 2. The maximum absolute atomic E-state index is 13.8. The molecule has 1 nitrogen and oxygen atoms in total. The SMILES string of the molecule is CCCNC(c1cccc(C)c1)c1cccc(F)c1Br. The fourth-order valence-electron chi connectivity index (χ4n) is 2.29. The average molecular weight is 336 g/mol. The molecule has 0 amide bonds. The standard InChI is InChI=1S/C17H19BrFN/c1-3-10-20-17(13-7-4-6-12(2)11-13)14-8-5-9-15(19)16(14)18/h4-9,11,17,20H,3,10H2,1-2H3. The number of nitrogens with one attached hydrogen (secondary N) is 1. The lowest BCUT2D eigenvalue weighted by molar-refractivity contribution is 0.580. The summed E-state index contributed by atoms with van der Waals surface area (Å²) in [6.07, 6.45) is 1.04. The molecule has 1 atom stereocenters. The fourth-order valence-corrected chi connectivity index (χ4v) is 2.78. The predicted octanol–water partition coefficient (Wildman–Crippen LogP) is 4.99. The molecule has 0 aliphatic heterocycles. The van der Waals surface area contributed by atoms with E-state index in [4.69, 9.17) is 0 Å². The van der Waals surface area contributed by atoms with E-state index in [1.54, 1.807) is 6.07 Å². The first-order valence-corrected chi connectivity index (χ1v) is 7.66. The minimum Gasteiger partial charge on any atom is -0.306 e. The third-order valence-corrected chi connectivity index (χ3v) is 4.10. The number of aryl methyl sites for hydroxylation is 1. The molecule has 0 bridgehead atoms. The molecule has 0 fully saturated rings. The van der Waals surface area contributed by atoms with Crippen molar-refractivity contribution in [1.29, 1.82) is 0 Å². The first-order valence-electron chi connectivity index (χ1n) is 6.87. The zero-order valence-corrected chi connectivity index (χ0v) is 13.4. The van der Waals surface area contributed by atoms with Crippen molar-refractivity contribution in [3.63, 3.8) is 0 Å². The minimum atomic E-state index is -0.224. The zero-order valence-electron chi connectivity index (χ0n) is 11.8. The van der Waals surface area contributed by atoms with Crippen LogP contribution in [0.4, 0.5) is 4.39 Å². The second-order valence-electron chi connectivity index (χ2n) is 4.94. The molecular weight excluding hydrogens is 317 g/mol. The Hall–Kier alpha value is -1.19. The van der Waals surface area contributed by atoms with Crippen LogP contribution in [0, 0.1) is 12.7 Å². The molecule has 0 saturated carbocycles. The molecule has 20 heavy (non-hydrogen) atoms. The fraction of sp³-hybridized carbons (Fsp3) is 0.294. The molecule has 2 aromatic carbocycles. The lowest BCUT2D eigenvalue weighted by Crippen LogP contribution is -2.23. The van der Waals surface area contributed by atoms with Gasteiger partial charge in [0.2, 0.25) is 0 Å². The lowest BCUT2D eigenvalue weighted by Gasteiger charge is -2.21. The van der Waals surface area contributed by atoms with Crippen LogP contribution in [0.2, 0.25) is 0 Å². The van der Waals surface area contributed by atoms with Gasteiger partial charge in [0.05, 0.1) is 10.5 Å². The predicted molar refractivity (Wildman–Crippen MR) is 85.4 cm³/mol. The number of hydrogen-bond donors (Lipinski definition) is 1. The second kappa shape index (κ2) is 7.00. The highest BCUT2D eigenvalue weighted by Gasteiger charge is 2.18. The zero-order chi connectivity index (χ0) is 14.5. The first-order chi connectivity index (χ1) is 9.63. The smallest absolute Gasteiger partial charge is 0.137 e. The molecule has 0 aliphatic carbocycles. The molecule has 1 N–H and O–H groups in total. The summed E-state index contributed by atoms with van der Waals surface area (Å²) in [6, 6.07) is 13.5. The molecule has 0 aromatic heterocycles. The number of rotatable bonds is 5. The van der Waals surface area contributed by atoms with Crippen molar-refractivity contribution in [2.75, 3.05) is 6.54 Å². The molecule has 0 heterocycles. The van der Waals surface area contributed by atoms with Gasteiger partial charge in [0.15, 0.2) is 0 Å². The van der Waals surface area contributed by atoms with Crippen LogP contribution in [0.5, 0.6) is 0 Å². The van der Waals surface area contributed by atoms with Gasteiger partial charge in [-0.25, -0.2) is 4.39 Å². The molecule has 2 aromatic rings. The summed E-state index contributed by atoms with van der Waals surface area (Å²) in [7, 11) is 0. The van der Waals surface area contributed by atoms with Gasteiger partial charge in [-0.3, -0.25) is 0 Å². The van der Waals surface area contributed by atoms with E-state index in [1.807, 2.05) is 12.1 Å². The summed E-state index contributed by atoms with van der Waals surface area (Å²) in [5.41, 5.74) is 3.30. The largest absolute Gasteiger partial charge is 0.306 e. The van der Waals surface area contributed by atoms with Crippen LogP contribution >= 0.6 is 15.9 Å². The highest BCUT2D eigenvalue weighted by Crippen LogP contribution is 2.30. The molecule has 106 valence electrons. The molecule has 2 rings (SSSR count). The van der Waals surface area contributed by atoms with Gasteiger partial charge in [-0.1, -0.05) is 48.9 Å². The van der Waals surface area contributed by atoms with Gasteiger partial charge in [0, 0.05) is 0 Å². The Kier molecular flexibility index (Phi) is 5.32. The van der Waals surface area contributed by atoms with Gasteiger partial charge >= 0.3 is 0 Å². The minimum absolute atomic E-state index is 0.0000694. The van der Waals surface area contributed by atoms with Crippen molar-refractivity contribution < 1.29 is 4.39 Å². The van der Waals surface area contributed by atoms with Crippen LogP contribution in [0.3, 0.4) is 0 Å². The lowest BCUT2D eigenvalue weighted by atomic mass is 9.97. The highest BCUT2D eigenvalue weighted by molar-refractivity contribution is 9.10. The van der Waals surface area contributed by atoms with Crippen molar-refractivity contribution >= 4 is 15.9 Å². The maximum atomic E-state index is 13.8. The van der Waals surface area contributed by atoms with Gasteiger partial charge in [-0.15, -0.1) is 0 Å². The maximum Gasteiger partial charge on any atom is 0.137 e. The average Bonchev–Trinajstić information content (AvgIpc) is 2.44. The Morgan fingerprint density at radius 3 is 2.65 bits per heavy atom. The Morgan fingerprint density at radius 2 is 1.95 bits per heavy atom. The monoisotopic (exact) mass is 335 g/mol. The Morgan fingerprint density at radius 1 is 1.20 bits per heavy atom. The van der Waals surface area contributed by atoms with Gasteiger partial charge in [-0.2, -0.15) is 0 Å². The summed E-state index contributed by atoms with van der Waals surface area (Å²) >= 11 is 3.37. The van der Waals surface area contributed by atoms with E-state index in [2.05, 4.69) is 53.3 Å². The van der Waals surface area contributed by atoms with Crippen LogP contribution in [0.25, 0.3) is 0 Å². The molecular formula is C17H19BrFN. The highest BCUT2D eigenvalue weighted by atomic mass is 79.9. The third-order valence-electron chi connectivity index (χ3n) is 3.27. The topological polar surface area (TPSA) is 12.0 Å². The molecule has 1 unspecified atom stereocenters. The summed E-state index contributed by atoms with van der Waals surface area (Å²) < 4.78 is 14.3. The third kappa shape index (κ3) is 3.47. The van der Waals surface area contributed by atoms with E-state index in [0.717, 1.165) is 24.1 Å². The van der Waals surface area contributed by atoms with Crippen molar-refractivity contribution in [2.24, 2.45) is 0 Å². The molecule has 0 saturated heterocycles. The van der Waals surface area contributed by atoms with Crippen LogP contribution in [0.1, 0.15) is 36.1 Å². The summed E-state index contributed by atoms with van der Waals surface area (Å²) in [5, 5.41) is 3.50. The summed E-state index contributed by atoms with van der Waals surface area (Å²) in [4.78, 5) is 0. The molecule has 0 spiro atoms. The van der Waals surface area contributed by atoms with Gasteiger partial charge in [0.25, 0.3) is 0 Å². The van der Waals surface area contributed by atoms with Crippen molar-refractivity contribution in [3.05, 3.63) is 69.4 Å². The van der Waals surface area contributed by atoms with Gasteiger partial charge in [0.1, 0.15) is 5.82 Å². The number of halogens is 2. The normalized spacial score (nSPS) is 12.4. The summed E-state index contributed by atoms with van der Waals surface area (Å²) in [6.45, 7) is 5.09. The van der Waals surface area contributed by atoms with Crippen molar-refractivity contribution in [3.8, 4) is 0 Å². The van der Waals surface area contributed by atoms with Crippen molar-refractivity contribution in [1.82, 2.24) is 5.32 Å². The van der Waals surface area contributed by atoms with Crippen LogP contribution in [-0.4, -0.2) is 6.54 Å². The van der Waals surface area contributed by atoms with E-state index < -0.39 is 0 Å². The van der Waals surface area contributed by atoms with Crippen molar-refractivity contribution in [2.45, 2.75) is 26.3 Å². The van der Waals surface area contributed by atoms with Crippen LogP contribution in [-0.2, 0) is 0 Å². The quantitative estimate of drug-likeness (QED) is 0.811.